The molecule has 0 bridgehead atoms. The van der Waals surface area contributed by atoms with E-state index in [1.165, 1.54) is 27.9 Å². The number of nitrogens with one attached hydrogen (secondary N) is 1. The fraction of sp³-hybridized carbons (Fsp3) is 0.200. The van der Waals surface area contributed by atoms with Crippen LogP contribution in [0, 0.1) is 6.92 Å². The fourth-order valence-corrected chi connectivity index (χ4v) is 2.30. The van der Waals surface area contributed by atoms with Crippen molar-refractivity contribution in [1.29, 1.82) is 0 Å². The summed E-state index contributed by atoms with van der Waals surface area (Å²) in [7, 11) is 0. The Morgan fingerprint density at radius 2 is 1.88 bits per heavy atom. The summed E-state index contributed by atoms with van der Waals surface area (Å²) in [5, 5.41) is 3.42. The van der Waals surface area contributed by atoms with E-state index >= 15 is 0 Å². The van der Waals surface area contributed by atoms with Gasteiger partial charge in [0.25, 0.3) is 0 Å². The Balaban J connectivity index is 2.07. The van der Waals surface area contributed by atoms with E-state index in [1.807, 2.05) is 0 Å². The molecule has 0 aliphatic carbocycles. The molecule has 1 aliphatic heterocycles. The van der Waals surface area contributed by atoms with Crippen molar-refractivity contribution in [3.63, 3.8) is 0 Å². The molecule has 0 saturated heterocycles. The molecule has 1 heterocycles. The van der Waals surface area contributed by atoms with Gasteiger partial charge in [0.2, 0.25) is 0 Å². The van der Waals surface area contributed by atoms with Crippen molar-refractivity contribution < 1.29 is 0 Å². The molecule has 0 aromatic heterocycles. The minimum Gasteiger partial charge on any atom is -0.384 e. The molecule has 1 heteroatoms. The summed E-state index contributed by atoms with van der Waals surface area (Å²) in [6.07, 6.45) is 1.16. The number of fused-ring (bicyclic) bond motifs is 1. The summed E-state index contributed by atoms with van der Waals surface area (Å²) >= 11 is 0. The van der Waals surface area contributed by atoms with Crippen molar-refractivity contribution >= 4 is 5.69 Å². The molecular weight excluding hydrogens is 194 g/mol. The number of benzene rings is 2. The van der Waals surface area contributed by atoms with Gasteiger partial charge >= 0.3 is 0 Å². The lowest BCUT2D eigenvalue weighted by Crippen LogP contribution is -1.91. The van der Waals surface area contributed by atoms with Gasteiger partial charge in [-0.1, -0.05) is 42.0 Å². The zero-order chi connectivity index (χ0) is 11.0. The third-order valence-corrected chi connectivity index (χ3v) is 3.17. The second kappa shape index (κ2) is 3.67. The first-order valence-electron chi connectivity index (χ1n) is 5.77. The summed E-state index contributed by atoms with van der Waals surface area (Å²) < 4.78 is 0. The lowest BCUT2D eigenvalue weighted by molar-refractivity contribution is 1.11. The molecule has 3 rings (SSSR count). The van der Waals surface area contributed by atoms with E-state index in [2.05, 4.69) is 54.7 Å². The highest BCUT2D eigenvalue weighted by atomic mass is 14.9. The van der Waals surface area contributed by atoms with Crippen LogP contribution in [0.4, 0.5) is 5.69 Å². The van der Waals surface area contributed by atoms with Gasteiger partial charge in [0, 0.05) is 12.2 Å². The van der Waals surface area contributed by atoms with Crippen molar-refractivity contribution in [1.82, 2.24) is 0 Å². The van der Waals surface area contributed by atoms with Gasteiger partial charge < -0.3 is 5.32 Å². The second-order valence-electron chi connectivity index (χ2n) is 4.42. The maximum absolute atomic E-state index is 3.42. The third-order valence-electron chi connectivity index (χ3n) is 3.17. The highest BCUT2D eigenvalue weighted by Gasteiger charge is 2.10. The lowest BCUT2D eigenvalue weighted by Gasteiger charge is -2.06. The van der Waals surface area contributed by atoms with Crippen LogP contribution < -0.4 is 5.32 Å². The Labute approximate surface area is 96.1 Å². The first kappa shape index (κ1) is 9.46. The van der Waals surface area contributed by atoms with Crippen molar-refractivity contribution in [3.8, 4) is 11.1 Å². The van der Waals surface area contributed by atoms with Crippen molar-refractivity contribution in [2.24, 2.45) is 0 Å². The quantitative estimate of drug-likeness (QED) is 0.756. The van der Waals surface area contributed by atoms with E-state index in [0.717, 1.165) is 13.0 Å². The molecule has 1 aliphatic rings. The summed E-state index contributed by atoms with van der Waals surface area (Å²) in [4.78, 5) is 0. The zero-order valence-electron chi connectivity index (χ0n) is 9.46. The van der Waals surface area contributed by atoms with Crippen LogP contribution in [0.25, 0.3) is 11.1 Å². The SMILES string of the molecule is Cc1cccc(-c2ccc3c(c2)NCC3)c1. The minimum absolute atomic E-state index is 1.08. The Kier molecular flexibility index (Phi) is 2.17. The van der Waals surface area contributed by atoms with Gasteiger partial charge in [0.15, 0.2) is 0 Å². The van der Waals surface area contributed by atoms with Crippen molar-refractivity contribution in [3.05, 3.63) is 53.6 Å². The lowest BCUT2D eigenvalue weighted by atomic mass is 10.0. The van der Waals surface area contributed by atoms with Crippen LogP contribution in [-0.4, -0.2) is 6.54 Å². The Bertz CT molecular complexity index is 529. The maximum Gasteiger partial charge on any atom is 0.0379 e. The number of hydrogen-bond donors (Lipinski definition) is 1. The second-order valence-corrected chi connectivity index (χ2v) is 4.42. The molecule has 2 aromatic carbocycles. The molecule has 0 unspecified atom stereocenters. The van der Waals surface area contributed by atoms with Gasteiger partial charge in [-0.05, 0) is 36.1 Å². The highest BCUT2D eigenvalue weighted by molar-refractivity contribution is 5.71. The van der Waals surface area contributed by atoms with Gasteiger partial charge in [-0.3, -0.25) is 0 Å². The van der Waals surface area contributed by atoms with E-state index in [9.17, 15) is 0 Å². The van der Waals surface area contributed by atoms with E-state index in [1.54, 1.807) is 0 Å². The van der Waals surface area contributed by atoms with Crippen LogP contribution in [0.3, 0.4) is 0 Å². The largest absolute Gasteiger partial charge is 0.384 e. The van der Waals surface area contributed by atoms with Gasteiger partial charge in [-0.2, -0.15) is 0 Å². The predicted molar refractivity (Wildman–Crippen MR) is 68.8 cm³/mol. The average molecular weight is 209 g/mol. The Hall–Kier alpha value is -1.76. The van der Waals surface area contributed by atoms with E-state index in [4.69, 9.17) is 0 Å². The summed E-state index contributed by atoms with van der Waals surface area (Å²) in [6, 6.07) is 15.4. The van der Waals surface area contributed by atoms with Crippen LogP contribution in [0.5, 0.6) is 0 Å². The molecular formula is C15H15N. The normalized spacial score (nSPS) is 13.3. The first-order chi connectivity index (χ1) is 7.83. The number of anilines is 1. The summed E-state index contributed by atoms with van der Waals surface area (Å²) in [6.45, 7) is 3.21. The van der Waals surface area contributed by atoms with Crippen LogP contribution in [0.15, 0.2) is 42.5 Å². The number of rotatable bonds is 1. The van der Waals surface area contributed by atoms with Crippen LogP contribution in [0.2, 0.25) is 0 Å². The predicted octanol–water partition coefficient (Wildman–Crippen LogP) is 3.63. The molecule has 1 nitrogen and oxygen atoms in total. The van der Waals surface area contributed by atoms with Crippen molar-refractivity contribution in [2.75, 3.05) is 11.9 Å². The molecule has 0 spiro atoms. The molecule has 0 saturated carbocycles. The highest BCUT2D eigenvalue weighted by Crippen LogP contribution is 2.29. The standard InChI is InChI=1S/C15H15N/c1-11-3-2-4-13(9-11)14-6-5-12-7-8-16-15(12)10-14/h2-6,9-10,16H,7-8H2,1H3. The molecule has 16 heavy (non-hydrogen) atoms. The zero-order valence-corrected chi connectivity index (χ0v) is 9.46. The monoisotopic (exact) mass is 209 g/mol. The fourth-order valence-electron chi connectivity index (χ4n) is 2.30. The van der Waals surface area contributed by atoms with Crippen LogP contribution in [0.1, 0.15) is 11.1 Å². The first-order valence-corrected chi connectivity index (χ1v) is 5.77. The van der Waals surface area contributed by atoms with Crippen LogP contribution >= 0.6 is 0 Å². The Morgan fingerprint density at radius 1 is 1.00 bits per heavy atom. The molecule has 0 atom stereocenters. The molecule has 1 N–H and O–H groups in total. The number of hydrogen-bond acceptors (Lipinski definition) is 1. The number of aryl methyl sites for hydroxylation is 1. The van der Waals surface area contributed by atoms with Gasteiger partial charge in [0.05, 0.1) is 0 Å². The van der Waals surface area contributed by atoms with Gasteiger partial charge in [0.1, 0.15) is 0 Å². The van der Waals surface area contributed by atoms with Crippen LogP contribution in [-0.2, 0) is 6.42 Å². The summed E-state index contributed by atoms with van der Waals surface area (Å²) in [5.41, 5.74) is 6.66. The Morgan fingerprint density at radius 3 is 2.75 bits per heavy atom. The van der Waals surface area contributed by atoms with Crippen molar-refractivity contribution in [2.45, 2.75) is 13.3 Å². The molecule has 0 fully saturated rings. The smallest absolute Gasteiger partial charge is 0.0379 e. The molecule has 0 amide bonds. The third kappa shape index (κ3) is 1.58. The van der Waals surface area contributed by atoms with E-state index < -0.39 is 0 Å². The van der Waals surface area contributed by atoms with Gasteiger partial charge in [-0.25, -0.2) is 0 Å². The summed E-state index contributed by atoms with van der Waals surface area (Å²) in [5.74, 6) is 0. The molecule has 2 aromatic rings. The topological polar surface area (TPSA) is 12.0 Å². The van der Waals surface area contributed by atoms with E-state index in [0.29, 0.717) is 0 Å². The van der Waals surface area contributed by atoms with Gasteiger partial charge in [-0.15, -0.1) is 0 Å². The average Bonchev–Trinajstić information content (AvgIpc) is 2.75. The molecule has 0 radical (unpaired) electrons. The maximum atomic E-state index is 3.42. The van der Waals surface area contributed by atoms with E-state index in [-0.39, 0.29) is 0 Å². The molecule has 80 valence electrons. The minimum atomic E-state index is 1.08.